The number of carboxylic acid groups (broad SMARTS) is 1. The SMILES string of the molecule is CC(C)C(N)C(=O)NC(Cc1ccccc1)C(=O)NC(Cc1cnc[nH]1)C(=O)NC(CCCCN)C(=O)O. The third-order valence-corrected chi connectivity index (χ3v) is 6.11. The monoisotopic (exact) mass is 529 g/mol. The van der Waals surface area contributed by atoms with Gasteiger partial charge in [0.25, 0.3) is 0 Å². The molecule has 1 aromatic heterocycles. The molecule has 0 saturated carbocycles. The largest absolute Gasteiger partial charge is 0.480 e. The van der Waals surface area contributed by atoms with E-state index < -0.39 is 47.9 Å². The fraction of sp³-hybridized carbons (Fsp3) is 0.500. The maximum atomic E-state index is 13.4. The Morgan fingerprint density at radius 2 is 1.53 bits per heavy atom. The molecule has 1 aromatic carbocycles. The molecule has 0 saturated heterocycles. The lowest BCUT2D eigenvalue weighted by atomic mass is 10.0. The van der Waals surface area contributed by atoms with Crippen molar-refractivity contribution in [3.05, 3.63) is 54.1 Å². The number of nitrogens with one attached hydrogen (secondary N) is 4. The number of amides is 3. The van der Waals surface area contributed by atoms with Crippen LogP contribution in [0.3, 0.4) is 0 Å². The van der Waals surface area contributed by atoms with Crippen molar-refractivity contribution in [1.29, 1.82) is 0 Å². The Bertz CT molecular complexity index is 1030. The number of carbonyl (C=O) groups excluding carboxylic acids is 3. The number of H-pyrrole nitrogens is 1. The highest BCUT2D eigenvalue weighted by Crippen LogP contribution is 2.08. The number of hydrogen-bond acceptors (Lipinski definition) is 7. The molecule has 2 rings (SSSR count). The highest BCUT2D eigenvalue weighted by atomic mass is 16.4. The number of nitrogens with two attached hydrogens (primary N) is 2. The predicted octanol–water partition coefficient (Wildman–Crippen LogP) is -0.154. The van der Waals surface area contributed by atoms with Crippen molar-refractivity contribution >= 4 is 23.7 Å². The van der Waals surface area contributed by atoms with Crippen LogP contribution in [0.5, 0.6) is 0 Å². The van der Waals surface area contributed by atoms with Crippen molar-refractivity contribution in [3.63, 3.8) is 0 Å². The lowest BCUT2D eigenvalue weighted by Crippen LogP contribution is -2.58. The number of rotatable bonds is 16. The maximum Gasteiger partial charge on any atom is 0.326 e. The van der Waals surface area contributed by atoms with Gasteiger partial charge in [0.1, 0.15) is 18.1 Å². The van der Waals surface area contributed by atoms with Crippen LogP contribution in [0, 0.1) is 5.92 Å². The fourth-order valence-corrected chi connectivity index (χ4v) is 3.75. The third kappa shape index (κ3) is 9.94. The summed E-state index contributed by atoms with van der Waals surface area (Å²) in [6.07, 6.45) is 4.48. The van der Waals surface area contributed by atoms with E-state index in [0.717, 1.165) is 5.56 Å². The number of aliphatic carboxylic acids is 1. The maximum absolute atomic E-state index is 13.4. The average molecular weight is 530 g/mol. The number of nitrogens with zero attached hydrogens (tertiary/aromatic N) is 1. The van der Waals surface area contributed by atoms with Gasteiger partial charge in [-0.3, -0.25) is 14.4 Å². The molecular formula is C26H39N7O5. The minimum Gasteiger partial charge on any atom is -0.480 e. The summed E-state index contributed by atoms with van der Waals surface area (Å²) in [5.41, 5.74) is 12.8. The summed E-state index contributed by atoms with van der Waals surface area (Å²) in [6.45, 7) is 4.01. The summed E-state index contributed by atoms with van der Waals surface area (Å²) < 4.78 is 0. The molecule has 38 heavy (non-hydrogen) atoms. The van der Waals surface area contributed by atoms with Crippen molar-refractivity contribution in [2.75, 3.05) is 6.54 Å². The van der Waals surface area contributed by atoms with Crippen molar-refractivity contribution in [1.82, 2.24) is 25.9 Å². The van der Waals surface area contributed by atoms with Gasteiger partial charge in [-0.1, -0.05) is 44.2 Å². The Balaban J connectivity index is 2.24. The van der Waals surface area contributed by atoms with E-state index in [1.165, 1.54) is 12.5 Å². The Hall–Kier alpha value is -3.77. The van der Waals surface area contributed by atoms with Crippen LogP contribution in [0.1, 0.15) is 44.4 Å². The molecule has 208 valence electrons. The molecule has 0 aliphatic heterocycles. The summed E-state index contributed by atoms with van der Waals surface area (Å²) in [6, 6.07) is 5.00. The third-order valence-electron chi connectivity index (χ3n) is 6.11. The molecule has 0 aliphatic carbocycles. The number of imidazole rings is 1. The van der Waals surface area contributed by atoms with Crippen molar-refractivity contribution in [3.8, 4) is 0 Å². The molecule has 0 fully saturated rings. The first kappa shape index (κ1) is 30.5. The van der Waals surface area contributed by atoms with Crippen LogP contribution < -0.4 is 27.4 Å². The van der Waals surface area contributed by atoms with E-state index in [1.807, 2.05) is 30.3 Å². The van der Waals surface area contributed by atoms with Gasteiger partial charge in [0, 0.05) is 24.7 Å². The van der Waals surface area contributed by atoms with Gasteiger partial charge in [-0.15, -0.1) is 0 Å². The van der Waals surface area contributed by atoms with Crippen LogP contribution in [0.15, 0.2) is 42.9 Å². The molecule has 9 N–H and O–H groups in total. The molecule has 12 nitrogen and oxygen atoms in total. The van der Waals surface area contributed by atoms with E-state index in [-0.39, 0.29) is 25.2 Å². The summed E-state index contributed by atoms with van der Waals surface area (Å²) >= 11 is 0. The van der Waals surface area contributed by atoms with E-state index in [0.29, 0.717) is 25.1 Å². The van der Waals surface area contributed by atoms with Gasteiger partial charge < -0.3 is 37.5 Å². The lowest BCUT2D eigenvalue weighted by molar-refractivity contribution is -0.142. The van der Waals surface area contributed by atoms with E-state index in [9.17, 15) is 24.3 Å². The topological polar surface area (TPSA) is 205 Å². The molecule has 0 radical (unpaired) electrons. The zero-order valence-corrected chi connectivity index (χ0v) is 21.9. The quantitative estimate of drug-likeness (QED) is 0.145. The molecule has 3 amide bonds. The second kappa shape index (κ2) is 15.5. The van der Waals surface area contributed by atoms with E-state index in [2.05, 4.69) is 25.9 Å². The minimum absolute atomic E-state index is 0.0320. The molecule has 0 spiro atoms. The standard InChI is InChI=1S/C26H39N7O5/c1-16(2)22(28)25(36)33-20(12-17-8-4-3-5-9-17)23(34)32-21(13-18-14-29-15-30-18)24(35)31-19(26(37)38)10-6-7-11-27/h3-5,8-9,14-16,19-22H,6-7,10-13,27-28H2,1-2H3,(H,29,30)(H,31,35)(H,32,34)(H,33,36)(H,37,38). The molecule has 1 heterocycles. The molecule has 2 aromatic rings. The first-order valence-corrected chi connectivity index (χ1v) is 12.7. The van der Waals surface area contributed by atoms with Gasteiger partial charge >= 0.3 is 5.97 Å². The van der Waals surface area contributed by atoms with Crippen molar-refractivity contribution in [2.45, 2.75) is 70.1 Å². The van der Waals surface area contributed by atoms with Gasteiger partial charge in [0.15, 0.2) is 0 Å². The highest BCUT2D eigenvalue weighted by molar-refractivity contribution is 5.94. The van der Waals surface area contributed by atoms with E-state index in [1.54, 1.807) is 13.8 Å². The van der Waals surface area contributed by atoms with Gasteiger partial charge in [-0.25, -0.2) is 9.78 Å². The second-order valence-electron chi connectivity index (χ2n) is 9.55. The van der Waals surface area contributed by atoms with Crippen LogP contribution in [0.4, 0.5) is 0 Å². The summed E-state index contributed by atoms with van der Waals surface area (Å²) in [5, 5.41) is 17.5. The van der Waals surface area contributed by atoms with E-state index >= 15 is 0 Å². The zero-order valence-electron chi connectivity index (χ0n) is 21.9. The Kier molecular flexibility index (Phi) is 12.4. The van der Waals surface area contributed by atoms with Gasteiger partial charge in [-0.2, -0.15) is 0 Å². The smallest absolute Gasteiger partial charge is 0.326 e. The van der Waals surface area contributed by atoms with Crippen LogP contribution in [0.25, 0.3) is 0 Å². The van der Waals surface area contributed by atoms with Crippen molar-refractivity contribution in [2.24, 2.45) is 17.4 Å². The minimum atomic E-state index is -1.18. The zero-order chi connectivity index (χ0) is 28.1. The van der Waals surface area contributed by atoms with Gasteiger partial charge in [-0.05, 0) is 37.3 Å². The average Bonchev–Trinajstić information content (AvgIpc) is 3.40. The number of carboxylic acids is 1. The normalized spacial score (nSPS) is 14.2. The lowest BCUT2D eigenvalue weighted by Gasteiger charge is -2.26. The number of unbranched alkanes of at least 4 members (excludes halogenated alkanes) is 1. The molecular weight excluding hydrogens is 490 g/mol. The molecule has 0 bridgehead atoms. The van der Waals surface area contributed by atoms with Gasteiger partial charge in [0.2, 0.25) is 17.7 Å². The highest BCUT2D eigenvalue weighted by Gasteiger charge is 2.31. The first-order valence-electron chi connectivity index (χ1n) is 12.7. The predicted molar refractivity (Wildman–Crippen MR) is 142 cm³/mol. The second-order valence-corrected chi connectivity index (χ2v) is 9.55. The molecule has 4 atom stereocenters. The van der Waals surface area contributed by atoms with Crippen LogP contribution in [0.2, 0.25) is 0 Å². The Morgan fingerprint density at radius 3 is 2.08 bits per heavy atom. The van der Waals surface area contributed by atoms with Crippen molar-refractivity contribution < 1.29 is 24.3 Å². The Morgan fingerprint density at radius 1 is 0.921 bits per heavy atom. The van der Waals surface area contributed by atoms with Crippen LogP contribution in [-0.4, -0.2) is 69.5 Å². The number of hydrogen-bond donors (Lipinski definition) is 7. The summed E-state index contributed by atoms with van der Waals surface area (Å²) in [7, 11) is 0. The molecule has 12 heteroatoms. The summed E-state index contributed by atoms with van der Waals surface area (Å²) in [4.78, 5) is 57.9. The van der Waals surface area contributed by atoms with Crippen LogP contribution in [-0.2, 0) is 32.0 Å². The van der Waals surface area contributed by atoms with E-state index in [4.69, 9.17) is 11.5 Å². The van der Waals surface area contributed by atoms with Crippen LogP contribution >= 0.6 is 0 Å². The number of carbonyl (C=O) groups is 4. The number of benzene rings is 1. The molecule has 0 aliphatic rings. The number of aromatic amines is 1. The Labute approximate surface area is 222 Å². The first-order chi connectivity index (χ1) is 18.1. The van der Waals surface area contributed by atoms with Gasteiger partial charge in [0.05, 0.1) is 12.4 Å². The molecule has 4 unspecified atom stereocenters. The summed E-state index contributed by atoms with van der Waals surface area (Å²) in [5.74, 6) is -3.10. The fourth-order valence-electron chi connectivity index (χ4n) is 3.75. The number of aromatic nitrogens is 2.